The lowest BCUT2D eigenvalue weighted by atomic mass is 9.92. The highest BCUT2D eigenvalue weighted by atomic mass is 79.9. The fourth-order valence-electron chi connectivity index (χ4n) is 2.70. The first-order valence-electron chi connectivity index (χ1n) is 7.18. The molecule has 0 saturated carbocycles. The summed E-state index contributed by atoms with van der Waals surface area (Å²) < 4.78 is 11.7. The summed E-state index contributed by atoms with van der Waals surface area (Å²) in [6, 6.07) is 3.83. The van der Waals surface area contributed by atoms with Crippen molar-refractivity contribution in [3.05, 3.63) is 22.7 Å². The number of piperidine rings is 1. The van der Waals surface area contributed by atoms with Crippen LogP contribution in [0.15, 0.2) is 25.6 Å². The number of aromatic nitrogens is 2. The molecule has 7 heteroatoms. The van der Waals surface area contributed by atoms with E-state index in [1.807, 2.05) is 0 Å². The Hall–Kier alpha value is -1.18. The first-order valence-corrected chi connectivity index (χ1v) is 7.97. The van der Waals surface area contributed by atoms with Gasteiger partial charge in [0.2, 0.25) is 5.89 Å². The average Bonchev–Trinajstić information content (AvgIpc) is 3.08. The van der Waals surface area contributed by atoms with Gasteiger partial charge < -0.3 is 14.6 Å². The van der Waals surface area contributed by atoms with E-state index in [2.05, 4.69) is 38.0 Å². The smallest absolute Gasteiger partial charge is 0.283 e. The Kier molecular flexibility index (Phi) is 4.42. The zero-order chi connectivity index (χ0) is 14.8. The van der Waals surface area contributed by atoms with Crippen molar-refractivity contribution in [1.29, 1.82) is 0 Å². The van der Waals surface area contributed by atoms with Crippen molar-refractivity contribution in [2.75, 3.05) is 13.1 Å². The van der Waals surface area contributed by atoms with Crippen LogP contribution >= 0.6 is 15.9 Å². The van der Waals surface area contributed by atoms with Crippen LogP contribution in [-0.2, 0) is 6.54 Å². The van der Waals surface area contributed by atoms with E-state index in [1.165, 1.54) is 12.8 Å². The molecule has 114 valence electrons. The Morgan fingerprint density at radius 2 is 2.29 bits per heavy atom. The van der Waals surface area contributed by atoms with Crippen molar-refractivity contribution in [2.24, 2.45) is 11.7 Å². The lowest BCUT2D eigenvalue weighted by Crippen LogP contribution is -2.41. The molecule has 2 atom stereocenters. The van der Waals surface area contributed by atoms with Crippen molar-refractivity contribution in [2.45, 2.75) is 32.4 Å². The Balaban J connectivity index is 1.64. The predicted molar refractivity (Wildman–Crippen MR) is 81.4 cm³/mol. The van der Waals surface area contributed by atoms with E-state index in [0.717, 1.165) is 13.1 Å². The summed E-state index contributed by atoms with van der Waals surface area (Å²) in [5.41, 5.74) is 6.01. The molecule has 2 aromatic rings. The van der Waals surface area contributed by atoms with Crippen molar-refractivity contribution < 1.29 is 8.83 Å². The van der Waals surface area contributed by atoms with Gasteiger partial charge in [-0.15, -0.1) is 10.2 Å². The molecule has 0 bridgehead atoms. The van der Waals surface area contributed by atoms with Crippen LogP contribution in [0.5, 0.6) is 0 Å². The summed E-state index contributed by atoms with van der Waals surface area (Å²) >= 11 is 3.26. The molecule has 0 radical (unpaired) electrons. The van der Waals surface area contributed by atoms with Crippen LogP contribution in [0.2, 0.25) is 0 Å². The van der Waals surface area contributed by atoms with Crippen LogP contribution in [0, 0.1) is 5.92 Å². The number of nitrogens with zero attached hydrogens (tertiary/aromatic N) is 3. The fraction of sp³-hybridized carbons (Fsp3) is 0.571. The normalized spacial score (nSPS) is 21.6. The van der Waals surface area contributed by atoms with Gasteiger partial charge in [0.25, 0.3) is 5.89 Å². The Bertz CT molecular complexity index is 595. The third-order valence-electron chi connectivity index (χ3n) is 3.90. The van der Waals surface area contributed by atoms with Crippen molar-refractivity contribution in [3.8, 4) is 11.7 Å². The molecule has 6 nitrogen and oxygen atoms in total. The lowest BCUT2D eigenvalue weighted by Gasteiger charge is -2.33. The molecule has 1 saturated heterocycles. The van der Waals surface area contributed by atoms with E-state index in [1.54, 1.807) is 12.1 Å². The molecule has 2 aromatic heterocycles. The SMILES string of the molecule is CC(N)C1CCCN(Cc2nnc(-c3ccc(Br)o3)o2)C1. The minimum atomic E-state index is 0.228. The highest BCUT2D eigenvalue weighted by molar-refractivity contribution is 9.10. The topological polar surface area (TPSA) is 81.3 Å². The second-order valence-electron chi connectivity index (χ2n) is 5.60. The van der Waals surface area contributed by atoms with Crippen molar-refractivity contribution in [3.63, 3.8) is 0 Å². The van der Waals surface area contributed by atoms with Gasteiger partial charge in [-0.3, -0.25) is 4.90 Å². The maximum Gasteiger partial charge on any atom is 0.283 e. The third kappa shape index (κ3) is 3.53. The van der Waals surface area contributed by atoms with Crippen LogP contribution in [0.3, 0.4) is 0 Å². The minimum Gasteiger partial charge on any atom is -0.444 e. The van der Waals surface area contributed by atoms with Crippen LogP contribution in [0.4, 0.5) is 0 Å². The molecular formula is C14H19BrN4O2. The second kappa shape index (κ2) is 6.29. The number of halogens is 1. The summed E-state index contributed by atoms with van der Waals surface area (Å²) in [4.78, 5) is 2.33. The van der Waals surface area contributed by atoms with Gasteiger partial charge in [-0.1, -0.05) is 0 Å². The molecule has 0 amide bonds. The zero-order valence-electron chi connectivity index (χ0n) is 12.0. The second-order valence-corrected chi connectivity index (χ2v) is 6.38. The number of likely N-dealkylation sites (tertiary alicyclic amines) is 1. The van der Waals surface area contributed by atoms with Crippen LogP contribution in [0.25, 0.3) is 11.7 Å². The summed E-state index contributed by atoms with van der Waals surface area (Å²) in [5, 5.41) is 8.14. The van der Waals surface area contributed by atoms with Gasteiger partial charge in [-0.05, 0) is 60.3 Å². The molecule has 2 N–H and O–H groups in total. The first-order chi connectivity index (χ1) is 10.1. The van der Waals surface area contributed by atoms with E-state index < -0.39 is 0 Å². The number of hydrogen-bond donors (Lipinski definition) is 1. The van der Waals surface area contributed by atoms with Gasteiger partial charge in [0.05, 0.1) is 6.54 Å². The van der Waals surface area contributed by atoms with Crippen LogP contribution in [-0.4, -0.2) is 34.2 Å². The number of furan rings is 1. The highest BCUT2D eigenvalue weighted by Crippen LogP contribution is 2.25. The third-order valence-corrected chi connectivity index (χ3v) is 4.32. The van der Waals surface area contributed by atoms with Gasteiger partial charge >= 0.3 is 0 Å². The van der Waals surface area contributed by atoms with E-state index >= 15 is 0 Å². The molecular weight excluding hydrogens is 336 g/mol. The maximum atomic E-state index is 6.01. The van der Waals surface area contributed by atoms with E-state index in [9.17, 15) is 0 Å². The zero-order valence-corrected chi connectivity index (χ0v) is 13.5. The van der Waals surface area contributed by atoms with Crippen LogP contribution in [0.1, 0.15) is 25.7 Å². The molecule has 1 aliphatic rings. The van der Waals surface area contributed by atoms with Gasteiger partial charge in [-0.25, -0.2) is 0 Å². The lowest BCUT2D eigenvalue weighted by molar-refractivity contribution is 0.143. The number of hydrogen-bond acceptors (Lipinski definition) is 6. The van der Waals surface area contributed by atoms with Crippen molar-refractivity contribution >= 4 is 15.9 Å². The molecule has 3 heterocycles. The van der Waals surface area contributed by atoms with Crippen molar-refractivity contribution in [1.82, 2.24) is 15.1 Å². The quantitative estimate of drug-likeness (QED) is 0.908. The molecule has 2 unspecified atom stereocenters. The van der Waals surface area contributed by atoms with E-state index in [4.69, 9.17) is 14.6 Å². The van der Waals surface area contributed by atoms with Gasteiger partial charge in [-0.2, -0.15) is 0 Å². The van der Waals surface area contributed by atoms with Gasteiger partial charge in [0.1, 0.15) is 0 Å². The largest absolute Gasteiger partial charge is 0.444 e. The Labute approximate surface area is 131 Å². The fourth-order valence-corrected chi connectivity index (χ4v) is 3.01. The number of rotatable bonds is 4. The maximum absolute atomic E-state index is 6.01. The summed E-state index contributed by atoms with van der Waals surface area (Å²) in [5.74, 6) is 2.15. The Morgan fingerprint density at radius 1 is 1.43 bits per heavy atom. The summed E-state index contributed by atoms with van der Waals surface area (Å²) in [7, 11) is 0. The first kappa shape index (κ1) is 14.7. The van der Waals surface area contributed by atoms with Gasteiger partial charge in [0, 0.05) is 12.6 Å². The van der Waals surface area contributed by atoms with Crippen LogP contribution < -0.4 is 5.73 Å². The molecule has 0 spiro atoms. The molecule has 1 fully saturated rings. The molecule has 0 aromatic carbocycles. The summed E-state index contributed by atoms with van der Waals surface area (Å²) in [6.07, 6.45) is 2.36. The average molecular weight is 355 g/mol. The highest BCUT2D eigenvalue weighted by Gasteiger charge is 2.24. The molecule has 0 aliphatic carbocycles. The predicted octanol–water partition coefficient (Wildman–Crippen LogP) is 2.65. The minimum absolute atomic E-state index is 0.228. The molecule has 1 aliphatic heterocycles. The molecule has 21 heavy (non-hydrogen) atoms. The summed E-state index contributed by atoms with van der Waals surface area (Å²) in [6.45, 7) is 4.78. The standard InChI is InChI=1S/C14H19BrN4O2/c1-9(16)10-3-2-6-19(7-10)8-13-17-18-14(21-13)11-4-5-12(15)20-11/h4-5,9-10H,2-3,6-8,16H2,1H3. The Morgan fingerprint density at radius 3 is 3.00 bits per heavy atom. The monoisotopic (exact) mass is 354 g/mol. The van der Waals surface area contributed by atoms with Gasteiger partial charge in [0.15, 0.2) is 10.4 Å². The molecule has 3 rings (SSSR count). The number of nitrogens with two attached hydrogens (primary N) is 1. The van der Waals surface area contributed by atoms with E-state index in [0.29, 0.717) is 34.7 Å². The van der Waals surface area contributed by atoms with E-state index in [-0.39, 0.29) is 6.04 Å².